The molecule has 0 spiro atoms. The lowest BCUT2D eigenvalue weighted by Gasteiger charge is -2.26. The second-order valence-corrected chi connectivity index (χ2v) is 5.56. The van der Waals surface area contributed by atoms with Gasteiger partial charge in [0.1, 0.15) is 6.10 Å². The van der Waals surface area contributed by atoms with E-state index in [1.165, 1.54) is 25.9 Å². The first-order valence-electron chi connectivity index (χ1n) is 7.42. The molecule has 1 unspecified atom stereocenters. The van der Waals surface area contributed by atoms with Crippen LogP contribution in [0.3, 0.4) is 0 Å². The van der Waals surface area contributed by atoms with Gasteiger partial charge in [-0.3, -0.25) is 0 Å². The van der Waals surface area contributed by atoms with Crippen molar-refractivity contribution in [2.24, 2.45) is 0 Å². The van der Waals surface area contributed by atoms with Crippen LogP contribution in [0.25, 0.3) is 0 Å². The number of aromatic nitrogens is 1. The van der Waals surface area contributed by atoms with Crippen molar-refractivity contribution in [3.8, 4) is 5.88 Å². The van der Waals surface area contributed by atoms with Crippen molar-refractivity contribution in [2.75, 3.05) is 32.8 Å². The summed E-state index contributed by atoms with van der Waals surface area (Å²) in [5.74, 6) is 0.605. The smallest absolute Gasteiger partial charge is 0.213 e. The molecule has 0 bridgehead atoms. The van der Waals surface area contributed by atoms with Gasteiger partial charge in [-0.2, -0.15) is 0 Å². The number of ether oxygens (including phenoxy) is 2. The van der Waals surface area contributed by atoms with Crippen LogP contribution in [0.5, 0.6) is 5.88 Å². The van der Waals surface area contributed by atoms with E-state index >= 15 is 0 Å². The number of hydrogen-bond acceptors (Lipinski definition) is 5. The van der Waals surface area contributed by atoms with Crippen LogP contribution in [0.2, 0.25) is 0 Å². The van der Waals surface area contributed by atoms with Gasteiger partial charge in [-0.25, -0.2) is 4.98 Å². The van der Waals surface area contributed by atoms with Gasteiger partial charge in [-0.05, 0) is 44.0 Å². The van der Waals surface area contributed by atoms with Crippen molar-refractivity contribution in [2.45, 2.75) is 31.5 Å². The first-order chi connectivity index (χ1) is 9.81. The number of rotatable bonds is 6. The lowest BCUT2D eigenvalue weighted by molar-refractivity contribution is -0.0813. The third-order valence-electron chi connectivity index (χ3n) is 3.96. The number of aliphatic hydroxyl groups is 1. The highest BCUT2D eigenvalue weighted by molar-refractivity contribution is 5.20. The van der Waals surface area contributed by atoms with Crippen LogP contribution in [-0.4, -0.2) is 53.9 Å². The molecule has 0 amide bonds. The van der Waals surface area contributed by atoms with E-state index in [1.54, 1.807) is 6.20 Å². The Balaban J connectivity index is 1.47. The fraction of sp³-hybridized carbons (Fsp3) is 0.667. The largest absolute Gasteiger partial charge is 0.469 e. The van der Waals surface area contributed by atoms with Crippen LogP contribution in [0.4, 0.5) is 0 Å². The molecule has 0 saturated carbocycles. The van der Waals surface area contributed by atoms with Gasteiger partial charge in [0.05, 0.1) is 19.3 Å². The average Bonchev–Trinajstić information content (AvgIpc) is 2.94. The molecule has 2 saturated heterocycles. The molecule has 5 nitrogen and oxygen atoms in total. The average molecular weight is 278 g/mol. The third-order valence-corrected chi connectivity index (χ3v) is 3.96. The molecule has 1 atom stereocenters. The van der Waals surface area contributed by atoms with E-state index in [-0.39, 0.29) is 6.10 Å². The monoisotopic (exact) mass is 278 g/mol. The van der Waals surface area contributed by atoms with Gasteiger partial charge in [-0.1, -0.05) is 0 Å². The normalized spacial score (nSPS) is 21.6. The molecule has 3 rings (SSSR count). The molecule has 0 aromatic carbocycles. The van der Waals surface area contributed by atoms with Crippen LogP contribution >= 0.6 is 0 Å². The minimum atomic E-state index is -0.441. The second kappa shape index (κ2) is 6.52. The maximum Gasteiger partial charge on any atom is 0.213 e. The molecule has 1 aromatic rings. The lowest BCUT2D eigenvalue weighted by atomic mass is 10.1. The van der Waals surface area contributed by atoms with Gasteiger partial charge in [0.15, 0.2) is 0 Å². The number of aliphatic hydroxyl groups excluding tert-OH is 1. The molecular weight excluding hydrogens is 256 g/mol. The summed E-state index contributed by atoms with van der Waals surface area (Å²) in [6.45, 7) is 4.57. The van der Waals surface area contributed by atoms with Gasteiger partial charge in [-0.15, -0.1) is 0 Å². The molecule has 110 valence electrons. The van der Waals surface area contributed by atoms with Crippen molar-refractivity contribution in [1.82, 2.24) is 9.88 Å². The van der Waals surface area contributed by atoms with Crippen LogP contribution in [-0.2, 0) is 4.74 Å². The lowest BCUT2D eigenvalue weighted by Crippen LogP contribution is -2.38. The Labute approximate surface area is 119 Å². The predicted molar refractivity (Wildman–Crippen MR) is 74.7 cm³/mol. The van der Waals surface area contributed by atoms with Crippen LogP contribution in [0.15, 0.2) is 18.3 Å². The van der Waals surface area contributed by atoms with E-state index in [0.29, 0.717) is 19.1 Å². The molecule has 2 aliphatic rings. The fourth-order valence-electron chi connectivity index (χ4n) is 2.59. The van der Waals surface area contributed by atoms with Crippen molar-refractivity contribution >= 4 is 0 Å². The van der Waals surface area contributed by atoms with E-state index in [2.05, 4.69) is 9.88 Å². The Morgan fingerprint density at radius 1 is 1.35 bits per heavy atom. The second-order valence-electron chi connectivity index (χ2n) is 5.56. The minimum absolute atomic E-state index is 0.133. The predicted octanol–water partition coefficient (Wildman–Crippen LogP) is 1.38. The van der Waals surface area contributed by atoms with Gasteiger partial charge in [0.25, 0.3) is 0 Å². The number of pyridine rings is 1. The molecular formula is C15H22N2O3. The number of nitrogens with zero attached hydrogens (tertiary/aromatic N) is 2. The first kappa shape index (κ1) is 13.8. The maximum absolute atomic E-state index is 10.2. The molecule has 0 aliphatic carbocycles. The Kier molecular flexibility index (Phi) is 4.50. The van der Waals surface area contributed by atoms with E-state index in [4.69, 9.17) is 9.47 Å². The summed E-state index contributed by atoms with van der Waals surface area (Å²) in [5, 5.41) is 10.2. The molecule has 0 radical (unpaired) electrons. The van der Waals surface area contributed by atoms with Crippen LogP contribution < -0.4 is 4.74 Å². The van der Waals surface area contributed by atoms with Crippen LogP contribution in [0.1, 0.15) is 30.9 Å². The third kappa shape index (κ3) is 3.48. The van der Waals surface area contributed by atoms with Gasteiger partial charge < -0.3 is 19.5 Å². The molecule has 20 heavy (non-hydrogen) atoms. The molecule has 2 aliphatic heterocycles. The highest BCUT2D eigenvalue weighted by Gasteiger charge is 2.20. The topological polar surface area (TPSA) is 54.8 Å². The van der Waals surface area contributed by atoms with E-state index in [0.717, 1.165) is 18.5 Å². The van der Waals surface area contributed by atoms with Gasteiger partial charge in [0, 0.05) is 18.8 Å². The quantitative estimate of drug-likeness (QED) is 0.852. The van der Waals surface area contributed by atoms with E-state index in [9.17, 15) is 5.11 Å². The van der Waals surface area contributed by atoms with Crippen molar-refractivity contribution in [1.29, 1.82) is 0 Å². The fourth-order valence-corrected chi connectivity index (χ4v) is 2.59. The standard InChI is InChI=1S/C15H22N2O3/c18-14(5-8-17-6-1-2-7-17)12-3-4-15(16-9-12)20-13-10-19-11-13/h3-4,9,13-14,18H,1-2,5-8,10-11H2. The zero-order valence-corrected chi connectivity index (χ0v) is 11.7. The van der Waals surface area contributed by atoms with E-state index < -0.39 is 6.10 Å². The highest BCUT2D eigenvalue weighted by atomic mass is 16.6. The molecule has 1 N–H and O–H groups in total. The number of hydrogen-bond donors (Lipinski definition) is 1. The van der Waals surface area contributed by atoms with Gasteiger partial charge >= 0.3 is 0 Å². The van der Waals surface area contributed by atoms with Crippen molar-refractivity contribution in [3.63, 3.8) is 0 Å². The summed E-state index contributed by atoms with van der Waals surface area (Å²) in [4.78, 5) is 6.66. The minimum Gasteiger partial charge on any atom is -0.469 e. The Hall–Kier alpha value is -1.17. The highest BCUT2D eigenvalue weighted by Crippen LogP contribution is 2.20. The maximum atomic E-state index is 10.2. The summed E-state index contributed by atoms with van der Waals surface area (Å²) in [7, 11) is 0. The SMILES string of the molecule is OC(CCN1CCCC1)c1ccc(OC2COC2)nc1. The zero-order valence-electron chi connectivity index (χ0n) is 11.7. The summed E-state index contributed by atoms with van der Waals surface area (Å²) >= 11 is 0. The summed E-state index contributed by atoms with van der Waals surface area (Å²) < 4.78 is 10.7. The molecule has 3 heterocycles. The Morgan fingerprint density at radius 2 is 2.15 bits per heavy atom. The molecule has 2 fully saturated rings. The van der Waals surface area contributed by atoms with E-state index in [1.807, 2.05) is 12.1 Å². The number of likely N-dealkylation sites (tertiary alicyclic amines) is 1. The summed E-state index contributed by atoms with van der Waals surface area (Å²) in [5.41, 5.74) is 0.862. The van der Waals surface area contributed by atoms with Crippen molar-refractivity contribution < 1.29 is 14.6 Å². The molecule has 5 heteroatoms. The Morgan fingerprint density at radius 3 is 2.75 bits per heavy atom. The zero-order chi connectivity index (χ0) is 13.8. The van der Waals surface area contributed by atoms with Crippen molar-refractivity contribution in [3.05, 3.63) is 23.9 Å². The summed E-state index contributed by atoms with van der Waals surface area (Å²) in [6.07, 6.45) is 4.74. The Bertz CT molecular complexity index is 414. The molecule has 1 aromatic heterocycles. The van der Waals surface area contributed by atoms with Gasteiger partial charge in [0.2, 0.25) is 5.88 Å². The first-order valence-corrected chi connectivity index (χ1v) is 7.42. The van der Waals surface area contributed by atoms with Crippen LogP contribution in [0, 0.1) is 0 Å². The summed E-state index contributed by atoms with van der Waals surface area (Å²) in [6, 6.07) is 3.73.